The van der Waals surface area contributed by atoms with Crippen molar-refractivity contribution in [2.24, 2.45) is 5.10 Å². The van der Waals surface area contributed by atoms with Crippen LogP contribution in [0.4, 0.5) is 8.78 Å². The van der Waals surface area contributed by atoms with Gasteiger partial charge in [0, 0.05) is 12.6 Å². The zero-order chi connectivity index (χ0) is 10.7. The molecule has 0 aromatic heterocycles. The normalized spacial score (nSPS) is 19.3. The van der Waals surface area contributed by atoms with Crippen LogP contribution in [0.25, 0.3) is 0 Å². The Kier molecular flexibility index (Phi) is 2.80. The van der Waals surface area contributed by atoms with Crippen molar-refractivity contribution in [3.63, 3.8) is 0 Å². The summed E-state index contributed by atoms with van der Waals surface area (Å²) in [6.45, 7) is -2.77. The Labute approximate surface area is 85.7 Å². The average molecular weight is 212 g/mol. The molecule has 1 N–H and O–H groups in total. The van der Waals surface area contributed by atoms with Gasteiger partial charge in [0.25, 0.3) is 0 Å². The Morgan fingerprint density at radius 1 is 1.33 bits per heavy atom. The predicted molar refractivity (Wildman–Crippen MR) is 52.1 cm³/mol. The second-order valence-electron chi connectivity index (χ2n) is 3.18. The molecular formula is C10H10F2N2O. The third-order valence-corrected chi connectivity index (χ3v) is 2.17. The molecule has 0 spiro atoms. The molecule has 1 aromatic rings. The third kappa shape index (κ3) is 2.43. The molecule has 1 atom stereocenters. The summed E-state index contributed by atoms with van der Waals surface area (Å²) in [6.07, 6.45) is 2.60. The first-order valence-corrected chi connectivity index (χ1v) is 4.57. The van der Waals surface area contributed by atoms with Gasteiger partial charge in [0.15, 0.2) is 0 Å². The summed E-state index contributed by atoms with van der Waals surface area (Å²) in [5.74, 6) is 0.174. The monoisotopic (exact) mass is 212 g/mol. The molecule has 3 nitrogen and oxygen atoms in total. The molecule has 1 unspecified atom stereocenters. The maximum absolute atomic E-state index is 11.9. The Morgan fingerprint density at radius 2 is 2.07 bits per heavy atom. The van der Waals surface area contributed by atoms with Gasteiger partial charge in [-0.05, 0) is 17.7 Å². The average Bonchev–Trinajstić information content (AvgIpc) is 2.71. The van der Waals surface area contributed by atoms with Crippen LogP contribution in [0.2, 0.25) is 0 Å². The second kappa shape index (κ2) is 4.25. The lowest BCUT2D eigenvalue weighted by Gasteiger charge is -2.10. The molecule has 1 aliphatic heterocycles. The van der Waals surface area contributed by atoms with E-state index in [1.54, 1.807) is 18.3 Å². The fourth-order valence-electron chi connectivity index (χ4n) is 1.45. The van der Waals surface area contributed by atoms with Crippen molar-refractivity contribution in [3.8, 4) is 5.75 Å². The van der Waals surface area contributed by atoms with E-state index in [1.165, 1.54) is 12.1 Å². The van der Waals surface area contributed by atoms with Gasteiger partial charge in [0.2, 0.25) is 0 Å². The summed E-state index contributed by atoms with van der Waals surface area (Å²) in [7, 11) is 0. The molecule has 2 rings (SSSR count). The van der Waals surface area contributed by atoms with E-state index in [1.807, 2.05) is 0 Å². The zero-order valence-corrected chi connectivity index (χ0v) is 7.86. The van der Waals surface area contributed by atoms with E-state index < -0.39 is 6.61 Å². The maximum Gasteiger partial charge on any atom is 0.387 e. The van der Waals surface area contributed by atoms with Crippen molar-refractivity contribution in [3.05, 3.63) is 29.8 Å². The number of hydrogen-bond donors (Lipinski definition) is 1. The van der Waals surface area contributed by atoms with Crippen molar-refractivity contribution in [2.75, 3.05) is 0 Å². The topological polar surface area (TPSA) is 33.6 Å². The first-order valence-electron chi connectivity index (χ1n) is 4.57. The minimum absolute atomic E-state index is 0.144. The van der Waals surface area contributed by atoms with Crippen LogP contribution < -0.4 is 10.2 Å². The van der Waals surface area contributed by atoms with E-state index in [0.717, 1.165) is 12.0 Å². The SMILES string of the molecule is FC(F)Oc1ccc(C2CC=NN2)cc1. The number of benzene rings is 1. The number of ether oxygens (including phenoxy) is 1. The zero-order valence-electron chi connectivity index (χ0n) is 7.86. The van der Waals surface area contributed by atoms with Crippen LogP contribution in [0, 0.1) is 0 Å². The van der Waals surface area contributed by atoms with Crippen molar-refractivity contribution in [1.29, 1.82) is 0 Å². The van der Waals surface area contributed by atoms with Gasteiger partial charge in [-0.3, -0.25) is 0 Å². The van der Waals surface area contributed by atoms with E-state index in [2.05, 4.69) is 15.3 Å². The molecule has 0 saturated heterocycles. The molecule has 1 heterocycles. The number of hydrogen-bond acceptors (Lipinski definition) is 3. The minimum Gasteiger partial charge on any atom is -0.435 e. The highest BCUT2D eigenvalue weighted by molar-refractivity contribution is 5.60. The largest absolute Gasteiger partial charge is 0.435 e. The number of nitrogens with one attached hydrogen (secondary N) is 1. The highest BCUT2D eigenvalue weighted by atomic mass is 19.3. The molecule has 0 bridgehead atoms. The second-order valence-corrected chi connectivity index (χ2v) is 3.18. The van der Waals surface area contributed by atoms with Crippen molar-refractivity contribution < 1.29 is 13.5 Å². The Morgan fingerprint density at radius 3 is 2.60 bits per heavy atom. The standard InChI is InChI=1S/C10H10F2N2O/c11-10(12)15-8-3-1-7(2-4-8)9-5-6-13-14-9/h1-4,6,9-10,14H,5H2. The number of halogens is 2. The van der Waals surface area contributed by atoms with Crippen molar-refractivity contribution in [1.82, 2.24) is 5.43 Å². The summed E-state index contributed by atoms with van der Waals surface area (Å²) in [4.78, 5) is 0. The first-order chi connectivity index (χ1) is 7.25. The summed E-state index contributed by atoms with van der Waals surface area (Å²) in [6, 6.07) is 6.71. The lowest BCUT2D eigenvalue weighted by Crippen LogP contribution is -2.09. The molecule has 0 saturated carbocycles. The van der Waals surface area contributed by atoms with Gasteiger partial charge < -0.3 is 10.2 Å². The van der Waals surface area contributed by atoms with E-state index in [4.69, 9.17) is 0 Å². The lowest BCUT2D eigenvalue weighted by atomic mass is 10.1. The van der Waals surface area contributed by atoms with E-state index in [0.29, 0.717) is 0 Å². The van der Waals surface area contributed by atoms with Crippen LogP contribution in [0.15, 0.2) is 29.4 Å². The van der Waals surface area contributed by atoms with Gasteiger partial charge in [-0.1, -0.05) is 12.1 Å². The summed E-state index contributed by atoms with van der Waals surface area (Å²) in [5, 5.41) is 3.89. The maximum atomic E-state index is 11.9. The van der Waals surface area contributed by atoms with Crippen LogP contribution in [-0.2, 0) is 0 Å². The van der Waals surface area contributed by atoms with Crippen LogP contribution in [-0.4, -0.2) is 12.8 Å². The summed E-state index contributed by atoms with van der Waals surface area (Å²) >= 11 is 0. The predicted octanol–water partition coefficient (Wildman–Crippen LogP) is 2.31. The molecule has 0 fully saturated rings. The molecule has 0 amide bonds. The van der Waals surface area contributed by atoms with Gasteiger partial charge in [0.05, 0.1) is 6.04 Å². The molecule has 1 aliphatic rings. The first kappa shape index (κ1) is 9.89. The number of nitrogens with zero attached hydrogens (tertiary/aromatic N) is 1. The Bertz CT molecular complexity index is 343. The number of rotatable bonds is 3. The van der Waals surface area contributed by atoms with E-state index in [-0.39, 0.29) is 11.8 Å². The molecule has 80 valence electrons. The number of alkyl halides is 2. The van der Waals surface area contributed by atoms with E-state index in [9.17, 15) is 8.78 Å². The summed E-state index contributed by atoms with van der Waals surface area (Å²) < 4.78 is 28.0. The molecule has 0 radical (unpaired) electrons. The van der Waals surface area contributed by atoms with Gasteiger partial charge >= 0.3 is 6.61 Å². The Balaban J connectivity index is 2.03. The third-order valence-electron chi connectivity index (χ3n) is 2.17. The van der Waals surface area contributed by atoms with Crippen LogP contribution >= 0.6 is 0 Å². The number of hydrazone groups is 1. The van der Waals surface area contributed by atoms with E-state index >= 15 is 0 Å². The minimum atomic E-state index is -2.77. The summed E-state index contributed by atoms with van der Waals surface area (Å²) in [5.41, 5.74) is 3.92. The molecule has 15 heavy (non-hydrogen) atoms. The van der Waals surface area contributed by atoms with Gasteiger partial charge in [-0.25, -0.2) is 0 Å². The van der Waals surface area contributed by atoms with Crippen LogP contribution in [0.3, 0.4) is 0 Å². The van der Waals surface area contributed by atoms with Gasteiger partial charge in [-0.2, -0.15) is 13.9 Å². The highest BCUT2D eigenvalue weighted by Crippen LogP contribution is 2.22. The molecular weight excluding hydrogens is 202 g/mol. The van der Waals surface area contributed by atoms with Gasteiger partial charge in [0.1, 0.15) is 5.75 Å². The smallest absolute Gasteiger partial charge is 0.387 e. The van der Waals surface area contributed by atoms with Crippen LogP contribution in [0.5, 0.6) is 5.75 Å². The molecule has 1 aromatic carbocycles. The molecule has 0 aliphatic carbocycles. The molecule has 5 heteroatoms. The fraction of sp³-hybridized carbons (Fsp3) is 0.300. The lowest BCUT2D eigenvalue weighted by molar-refractivity contribution is -0.0498. The fourth-order valence-corrected chi connectivity index (χ4v) is 1.45. The Hall–Kier alpha value is -1.65. The van der Waals surface area contributed by atoms with Gasteiger partial charge in [-0.15, -0.1) is 0 Å². The van der Waals surface area contributed by atoms with Crippen molar-refractivity contribution in [2.45, 2.75) is 19.1 Å². The van der Waals surface area contributed by atoms with Crippen LogP contribution in [0.1, 0.15) is 18.0 Å². The van der Waals surface area contributed by atoms with Crippen molar-refractivity contribution >= 4 is 6.21 Å². The highest BCUT2D eigenvalue weighted by Gasteiger charge is 2.13. The quantitative estimate of drug-likeness (QED) is 0.834.